The van der Waals surface area contributed by atoms with E-state index in [0.717, 1.165) is 34.1 Å². The molecule has 1 N–H and O–H groups in total. The number of hydrogen-bond acceptors (Lipinski definition) is 4. The molecule has 0 bridgehead atoms. The zero-order valence-corrected chi connectivity index (χ0v) is 23.1. The molecule has 1 unspecified atom stereocenters. The third kappa shape index (κ3) is 6.90. The lowest BCUT2D eigenvalue weighted by Crippen LogP contribution is -2.52. The molecular weight excluding hydrogens is 529 g/mol. The number of sulfonamides is 1. The minimum Gasteiger partial charge on any atom is -0.355 e. The second-order valence-electron chi connectivity index (χ2n) is 8.73. The molecule has 0 aliphatic rings. The molecule has 0 aromatic heterocycles. The number of likely N-dealkylation sites (N-methyl/N-ethyl adjacent to an activating group) is 1. The van der Waals surface area contributed by atoms with Gasteiger partial charge in [-0.3, -0.25) is 13.9 Å². The molecule has 2 amide bonds. The topological polar surface area (TPSA) is 86.8 Å². The SMILES string of the molecule is CCNC(=O)C(CC)N(Cc1ccccc1Cl)C(=O)CN(c1ccc(C)cc1)S(=O)(=O)c1ccc(F)cc1. The third-order valence-electron chi connectivity index (χ3n) is 6.04. The van der Waals surface area contributed by atoms with Gasteiger partial charge in [-0.25, -0.2) is 12.8 Å². The van der Waals surface area contributed by atoms with Crippen LogP contribution in [-0.2, 0) is 26.2 Å². The summed E-state index contributed by atoms with van der Waals surface area (Å²) in [6.45, 7) is 5.21. The van der Waals surface area contributed by atoms with Gasteiger partial charge in [0.1, 0.15) is 18.4 Å². The smallest absolute Gasteiger partial charge is 0.264 e. The molecule has 0 aliphatic heterocycles. The molecule has 38 heavy (non-hydrogen) atoms. The summed E-state index contributed by atoms with van der Waals surface area (Å²) in [6, 6.07) is 17.2. The molecular formula is C28H31ClFN3O4S. The number of amides is 2. The first-order valence-corrected chi connectivity index (χ1v) is 14.1. The number of aryl methyl sites for hydroxylation is 1. The van der Waals surface area contributed by atoms with E-state index in [1.165, 1.54) is 4.90 Å². The van der Waals surface area contributed by atoms with Crippen LogP contribution >= 0.6 is 11.6 Å². The van der Waals surface area contributed by atoms with Gasteiger partial charge in [0.25, 0.3) is 10.0 Å². The van der Waals surface area contributed by atoms with Gasteiger partial charge in [-0.05, 0) is 68.3 Å². The molecule has 3 aromatic rings. The fourth-order valence-electron chi connectivity index (χ4n) is 4.00. The van der Waals surface area contributed by atoms with Crippen molar-refractivity contribution >= 4 is 39.1 Å². The van der Waals surface area contributed by atoms with Crippen molar-refractivity contribution in [3.8, 4) is 0 Å². The quantitative estimate of drug-likeness (QED) is 0.361. The number of anilines is 1. The second-order valence-corrected chi connectivity index (χ2v) is 11.0. The molecule has 10 heteroatoms. The van der Waals surface area contributed by atoms with E-state index in [2.05, 4.69) is 5.32 Å². The minimum absolute atomic E-state index is 0.00643. The van der Waals surface area contributed by atoms with E-state index in [1.807, 2.05) is 6.92 Å². The molecule has 0 saturated carbocycles. The summed E-state index contributed by atoms with van der Waals surface area (Å²) in [7, 11) is -4.26. The van der Waals surface area contributed by atoms with Gasteiger partial charge < -0.3 is 10.2 Å². The molecule has 0 spiro atoms. The van der Waals surface area contributed by atoms with E-state index in [9.17, 15) is 22.4 Å². The Morgan fingerprint density at radius 1 is 0.974 bits per heavy atom. The Morgan fingerprint density at radius 2 is 1.61 bits per heavy atom. The van der Waals surface area contributed by atoms with Crippen molar-refractivity contribution in [2.24, 2.45) is 0 Å². The number of benzene rings is 3. The van der Waals surface area contributed by atoms with Crippen LogP contribution in [0.2, 0.25) is 5.02 Å². The van der Waals surface area contributed by atoms with Gasteiger partial charge in [0.05, 0.1) is 10.6 Å². The van der Waals surface area contributed by atoms with E-state index in [4.69, 9.17) is 11.6 Å². The lowest BCUT2D eigenvalue weighted by molar-refractivity contribution is -0.140. The van der Waals surface area contributed by atoms with Gasteiger partial charge in [0, 0.05) is 18.1 Å². The maximum Gasteiger partial charge on any atom is 0.264 e. The summed E-state index contributed by atoms with van der Waals surface area (Å²) in [5.41, 5.74) is 1.78. The number of rotatable bonds is 11. The van der Waals surface area contributed by atoms with Crippen LogP contribution in [0.5, 0.6) is 0 Å². The highest BCUT2D eigenvalue weighted by Gasteiger charge is 2.33. The number of hydrogen-bond donors (Lipinski definition) is 1. The van der Waals surface area contributed by atoms with E-state index in [-0.39, 0.29) is 23.0 Å². The standard InChI is InChI=1S/C28H31ClFN3O4S/c1-4-26(28(35)31-5-2)32(18-21-8-6-7-9-25(21)29)27(34)19-33(23-14-10-20(3)11-15-23)38(36,37)24-16-12-22(30)13-17-24/h6-17,26H,4-5,18-19H2,1-3H3,(H,31,35). The van der Waals surface area contributed by atoms with Crippen LogP contribution in [0.3, 0.4) is 0 Å². The summed E-state index contributed by atoms with van der Waals surface area (Å²) in [5.74, 6) is -1.52. The largest absolute Gasteiger partial charge is 0.355 e. The zero-order chi connectivity index (χ0) is 27.9. The monoisotopic (exact) mass is 559 g/mol. The van der Waals surface area contributed by atoms with Crippen molar-refractivity contribution in [3.05, 3.63) is 94.8 Å². The number of halogens is 2. The van der Waals surface area contributed by atoms with Crippen LogP contribution in [0.25, 0.3) is 0 Å². The highest BCUT2D eigenvalue weighted by atomic mass is 35.5. The van der Waals surface area contributed by atoms with E-state index in [0.29, 0.717) is 23.6 Å². The van der Waals surface area contributed by atoms with Gasteiger partial charge in [-0.15, -0.1) is 0 Å². The van der Waals surface area contributed by atoms with Crippen LogP contribution in [0.4, 0.5) is 10.1 Å². The molecule has 0 fully saturated rings. The van der Waals surface area contributed by atoms with Gasteiger partial charge in [-0.2, -0.15) is 0 Å². The maximum atomic E-state index is 13.9. The van der Waals surface area contributed by atoms with Crippen molar-refractivity contribution in [2.45, 2.75) is 44.7 Å². The first-order chi connectivity index (χ1) is 18.1. The molecule has 3 rings (SSSR count). The highest BCUT2D eigenvalue weighted by molar-refractivity contribution is 7.92. The van der Waals surface area contributed by atoms with Gasteiger partial charge >= 0.3 is 0 Å². The lowest BCUT2D eigenvalue weighted by Gasteiger charge is -2.33. The fourth-order valence-corrected chi connectivity index (χ4v) is 5.60. The Labute approximate surface area is 228 Å². The van der Waals surface area contributed by atoms with Crippen molar-refractivity contribution in [1.29, 1.82) is 0 Å². The number of carbonyl (C=O) groups is 2. The van der Waals surface area contributed by atoms with Crippen molar-refractivity contribution in [1.82, 2.24) is 10.2 Å². The van der Waals surface area contributed by atoms with E-state index >= 15 is 0 Å². The zero-order valence-electron chi connectivity index (χ0n) is 21.5. The first-order valence-electron chi connectivity index (χ1n) is 12.2. The number of nitrogens with zero attached hydrogens (tertiary/aromatic N) is 2. The van der Waals surface area contributed by atoms with Gasteiger partial charge in [0.15, 0.2) is 0 Å². The first kappa shape index (κ1) is 29.1. The van der Waals surface area contributed by atoms with Crippen LogP contribution in [-0.4, -0.2) is 44.3 Å². The summed E-state index contributed by atoms with van der Waals surface area (Å²) in [5, 5.41) is 3.17. The minimum atomic E-state index is -4.26. The van der Waals surface area contributed by atoms with Crippen LogP contribution in [0.15, 0.2) is 77.7 Å². The molecule has 1 atom stereocenters. The number of nitrogens with one attached hydrogen (secondary N) is 1. The normalized spacial score (nSPS) is 12.0. The average Bonchev–Trinajstić information content (AvgIpc) is 2.89. The van der Waals surface area contributed by atoms with Crippen LogP contribution in [0, 0.1) is 12.7 Å². The second kappa shape index (κ2) is 12.9. The lowest BCUT2D eigenvalue weighted by atomic mass is 10.1. The van der Waals surface area contributed by atoms with Crippen LogP contribution < -0.4 is 9.62 Å². The summed E-state index contributed by atoms with van der Waals surface area (Å²) < 4.78 is 41.9. The molecule has 0 aliphatic carbocycles. The Kier molecular flexibility index (Phi) is 9.88. The highest BCUT2D eigenvalue weighted by Crippen LogP contribution is 2.26. The van der Waals surface area contributed by atoms with Crippen molar-refractivity contribution in [3.63, 3.8) is 0 Å². The Balaban J connectivity index is 2.06. The van der Waals surface area contributed by atoms with Gasteiger partial charge in [-0.1, -0.05) is 54.4 Å². The fraction of sp³-hybridized carbons (Fsp3) is 0.286. The van der Waals surface area contributed by atoms with E-state index in [1.54, 1.807) is 62.4 Å². The third-order valence-corrected chi connectivity index (χ3v) is 8.19. The molecule has 202 valence electrons. The Morgan fingerprint density at radius 3 is 2.18 bits per heavy atom. The predicted molar refractivity (Wildman–Crippen MR) is 147 cm³/mol. The molecule has 7 nitrogen and oxygen atoms in total. The van der Waals surface area contributed by atoms with Gasteiger partial charge in [0.2, 0.25) is 11.8 Å². The van der Waals surface area contributed by atoms with Crippen molar-refractivity contribution < 1.29 is 22.4 Å². The summed E-state index contributed by atoms with van der Waals surface area (Å²) in [6.07, 6.45) is 0.303. The average molecular weight is 560 g/mol. The summed E-state index contributed by atoms with van der Waals surface area (Å²) in [4.78, 5) is 28.0. The summed E-state index contributed by atoms with van der Waals surface area (Å²) >= 11 is 6.37. The maximum absolute atomic E-state index is 13.9. The predicted octanol–water partition coefficient (Wildman–Crippen LogP) is 4.93. The molecule has 0 radical (unpaired) electrons. The van der Waals surface area contributed by atoms with Crippen LogP contribution in [0.1, 0.15) is 31.4 Å². The molecule has 0 saturated heterocycles. The Bertz CT molecular complexity index is 1370. The van der Waals surface area contributed by atoms with Crippen molar-refractivity contribution in [2.75, 3.05) is 17.4 Å². The molecule has 0 heterocycles. The Hall–Kier alpha value is -3.43. The number of carbonyl (C=O) groups excluding carboxylic acids is 2. The van der Waals surface area contributed by atoms with E-state index < -0.39 is 34.3 Å². The molecule has 3 aromatic carbocycles.